The summed E-state index contributed by atoms with van der Waals surface area (Å²) in [4.78, 5) is 44.6. The number of allylic oxidation sites excluding steroid dienone is 6. The van der Waals surface area contributed by atoms with Gasteiger partial charge in [-0.05, 0) is 131 Å². The van der Waals surface area contributed by atoms with Crippen LogP contribution in [-0.2, 0) is 9.59 Å². The highest BCUT2D eigenvalue weighted by atomic mass is 16.5. The number of aromatic carboxylic acids is 2. The fourth-order valence-corrected chi connectivity index (χ4v) is 7.16. The monoisotopic (exact) mass is 780 g/mol. The number of hydrogen-bond acceptors (Lipinski definition) is 6. The summed E-state index contributed by atoms with van der Waals surface area (Å²) in [5, 5.41) is 18.8. The lowest BCUT2D eigenvalue weighted by atomic mass is 9.64. The molecule has 0 aliphatic heterocycles. The van der Waals surface area contributed by atoms with E-state index in [1.54, 1.807) is 72.8 Å². The van der Waals surface area contributed by atoms with Gasteiger partial charge >= 0.3 is 11.9 Å². The largest absolute Gasteiger partial charge is 0.478 e. The molecule has 60 heavy (non-hydrogen) atoms. The molecule has 8 nitrogen and oxygen atoms in total. The maximum absolute atomic E-state index is 11.5. The second-order valence-corrected chi connectivity index (χ2v) is 13.6. The van der Waals surface area contributed by atoms with Crippen LogP contribution < -0.4 is 9.47 Å². The predicted octanol–water partition coefficient (Wildman–Crippen LogP) is 8.05. The molecule has 0 saturated carbocycles. The first kappa shape index (κ1) is 38.1. The van der Waals surface area contributed by atoms with E-state index >= 15 is 0 Å². The van der Waals surface area contributed by atoms with Crippen LogP contribution in [0.5, 0.6) is 11.5 Å². The molecule has 2 unspecified atom stereocenters. The lowest BCUT2D eigenvalue weighted by molar-refractivity contribution is -0.121. The quantitative estimate of drug-likeness (QED) is 0.131. The van der Waals surface area contributed by atoms with Crippen LogP contribution in [0.2, 0.25) is 0 Å². The molecule has 3 aliphatic carbocycles. The van der Waals surface area contributed by atoms with Crippen LogP contribution in [0.3, 0.4) is 0 Å². The molecule has 0 heterocycles. The van der Waals surface area contributed by atoms with Gasteiger partial charge in [0.1, 0.15) is 11.5 Å². The average molecular weight is 781 g/mol. The first-order valence-corrected chi connectivity index (χ1v) is 18.5. The zero-order chi connectivity index (χ0) is 41.6. The lowest BCUT2D eigenvalue weighted by Crippen LogP contribution is -2.26. The standard InChI is InChI=1S/C52H28O8/c53-31-59-43-21-9-35(10-22-43)7-19-41-29-39(17-5-33-1-13-37(14-2-33)51(55)56)45-25-26-46-40(18-6-34-3-15-38(16-4-34)52(57)58)30-42(48-28-27-47(41)49(45)50(46)48)20-8-36-11-23-44(24-12-36)60-32-54/h1-4,9-16,21-32,47,49H,(H,55,56)(H,57,58). The number of benzene rings is 5. The number of carboxylic acid groups (broad SMARTS) is 2. The molecule has 5 aromatic rings. The maximum atomic E-state index is 11.5. The van der Waals surface area contributed by atoms with Crippen molar-refractivity contribution in [1.29, 1.82) is 0 Å². The lowest BCUT2D eigenvalue weighted by Gasteiger charge is -2.38. The van der Waals surface area contributed by atoms with E-state index in [-0.39, 0.29) is 23.0 Å². The van der Waals surface area contributed by atoms with E-state index in [9.17, 15) is 29.4 Å². The number of hydrogen-bond donors (Lipinski definition) is 2. The van der Waals surface area contributed by atoms with Gasteiger partial charge < -0.3 is 19.7 Å². The number of ether oxygens (including phenoxy) is 2. The Morgan fingerprint density at radius 3 is 1.47 bits per heavy atom. The minimum absolute atomic E-state index is 0.164. The summed E-state index contributed by atoms with van der Waals surface area (Å²) in [7, 11) is 0. The van der Waals surface area contributed by atoms with Crippen LogP contribution in [0.15, 0.2) is 138 Å². The van der Waals surface area contributed by atoms with Crippen molar-refractivity contribution in [3.05, 3.63) is 199 Å². The Morgan fingerprint density at radius 2 is 0.983 bits per heavy atom. The van der Waals surface area contributed by atoms with Crippen molar-refractivity contribution in [3.8, 4) is 58.9 Å². The summed E-state index contributed by atoms with van der Waals surface area (Å²) in [6.45, 7) is 0.742. The number of carbonyl (C=O) groups excluding carboxylic acids is 2. The zero-order valence-corrected chi connectivity index (χ0v) is 31.4. The van der Waals surface area contributed by atoms with E-state index in [2.05, 4.69) is 65.6 Å². The molecule has 0 fully saturated rings. The van der Waals surface area contributed by atoms with Crippen LogP contribution in [0.1, 0.15) is 76.7 Å². The molecule has 0 amide bonds. The average Bonchev–Trinajstić information content (AvgIpc) is 3.27. The van der Waals surface area contributed by atoms with E-state index in [0.29, 0.717) is 41.1 Å². The van der Waals surface area contributed by atoms with E-state index in [1.165, 1.54) is 24.3 Å². The molecular weight excluding hydrogens is 753 g/mol. The van der Waals surface area contributed by atoms with E-state index in [0.717, 1.165) is 50.1 Å². The van der Waals surface area contributed by atoms with Crippen molar-refractivity contribution in [2.75, 3.05) is 0 Å². The fourth-order valence-electron chi connectivity index (χ4n) is 7.16. The summed E-state index contributed by atoms with van der Waals surface area (Å²) in [6, 6.07) is 28.5. The second-order valence-electron chi connectivity index (χ2n) is 13.6. The maximum Gasteiger partial charge on any atom is 0.335 e. The van der Waals surface area contributed by atoms with E-state index < -0.39 is 11.9 Å². The minimum Gasteiger partial charge on any atom is -0.478 e. The van der Waals surface area contributed by atoms with Crippen LogP contribution in [0.4, 0.5) is 0 Å². The Morgan fingerprint density at radius 1 is 0.533 bits per heavy atom. The van der Waals surface area contributed by atoms with Crippen LogP contribution in [-0.4, -0.2) is 35.1 Å². The summed E-state index contributed by atoms with van der Waals surface area (Å²) >= 11 is 0. The highest BCUT2D eigenvalue weighted by molar-refractivity contribution is 5.88. The summed E-state index contributed by atoms with van der Waals surface area (Å²) in [6.07, 6.45) is 10.3. The Kier molecular flexibility index (Phi) is 10.6. The fraction of sp³-hybridized carbons (Fsp3) is 0.0385. The van der Waals surface area contributed by atoms with Crippen LogP contribution in [0, 0.1) is 53.3 Å². The molecule has 0 bridgehead atoms. The highest BCUT2D eigenvalue weighted by Crippen LogP contribution is 2.52. The molecule has 5 aromatic carbocycles. The summed E-state index contributed by atoms with van der Waals surface area (Å²) < 4.78 is 9.90. The van der Waals surface area contributed by atoms with Crippen LogP contribution in [0.25, 0.3) is 12.2 Å². The molecule has 2 atom stereocenters. The predicted molar refractivity (Wildman–Crippen MR) is 225 cm³/mol. The second kappa shape index (κ2) is 16.7. The van der Waals surface area contributed by atoms with Gasteiger partial charge in [0.05, 0.1) is 11.1 Å². The molecular formula is C52H28O8. The molecule has 0 radical (unpaired) electrons. The minimum atomic E-state index is -1.02. The smallest absolute Gasteiger partial charge is 0.335 e. The first-order chi connectivity index (χ1) is 29.3. The normalized spacial score (nSPS) is 14.8. The molecule has 0 saturated heterocycles. The van der Waals surface area contributed by atoms with Gasteiger partial charge in [-0.3, -0.25) is 9.59 Å². The number of carboxylic acids is 2. The van der Waals surface area contributed by atoms with E-state index in [4.69, 9.17) is 9.47 Å². The van der Waals surface area contributed by atoms with Crippen molar-refractivity contribution >= 4 is 37.0 Å². The van der Waals surface area contributed by atoms with Gasteiger partial charge in [-0.25, -0.2) is 9.59 Å². The van der Waals surface area contributed by atoms with Gasteiger partial charge in [-0.2, -0.15) is 0 Å². The molecule has 8 heteroatoms. The third kappa shape index (κ3) is 8.04. The Hall–Kier alpha value is -8.82. The summed E-state index contributed by atoms with van der Waals surface area (Å²) in [5.74, 6) is 24.8. The Labute approximate surface area is 344 Å². The number of carbonyl (C=O) groups is 4. The Balaban J connectivity index is 1.29. The van der Waals surface area contributed by atoms with Gasteiger partial charge in [0.2, 0.25) is 0 Å². The number of rotatable bonds is 6. The van der Waals surface area contributed by atoms with Gasteiger partial charge in [0.15, 0.2) is 0 Å². The molecule has 8 rings (SSSR count). The van der Waals surface area contributed by atoms with Crippen molar-refractivity contribution < 1.29 is 38.9 Å². The SMILES string of the molecule is O=COc1ccc(C#CC2=CC(C#Cc3ccc(C(=O)O)cc3)=C3C=Cc4c(C#Cc5ccc(C(=O)O)cc5)cc(C#Cc5ccc(OC=O)cc5)c5c4C3C2C=C5)cc1. The third-order valence-electron chi connectivity index (χ3n) is 10.0. The van der Waals surface area contributed by atoms with Crippen molar-refractivity contribution in [3.63, 3.8) is 0 Å². The molecule has 284 valence electrons. The highest BCUT2D eigenvalue weighted by Gasteiger charge is 2.39. The van der Waals surface area contributed by atoms with Crippen molar-refractivity contribution in [1.82, 2.24) is 0 Å². The molecule has 3 aliphatic rings. The van der Waals surface area contributed by atoms with Gasteiger partial charge in [0.25, 0.3) is 12.9 Å². The van der Waals surface area contributed by atoms with Crippen LogP contribution >= 0.6 is 0 Å². The Bertz CT molecular complexity index is 3010. The third-order valence-corrected chi connectivity index (χ3v) is 10.0. The van der Waals surface area contributed by atoms with Crippen molar-refractivity contribution in [2.24, 2.45) is 5.92 Å². The van der Waals surface area contributed by atoms with Gasteiger partial charge in [-0.1, -0.05) is 71.7 Å². The summed E-state index contributed by atoms with van der Waals surface area (Å²) in [5.41, 5.74) is 9.93. The van der Waals surface area contributed by atoms with Gasteiger partial charge in [-0.15, -0.1) is 0 Å². The van der Waals surface area contributed by atoms with E-state index in [1.807, 2.05) is 18.2 Å². The van der Waals surface area contributed by atoms with Crippen molar-refractivity contribution in [2.45, 2.75) is 5.92 Å². The topological polar surface area (TPSA) is 127 Å². The van der Waals surface area contributed by atoms with Gasteiger partial charge in [0, 0.05) is 56.4 Å². The zero-order valence-electron chi connectivity index (χ0n) is 31.4. The molecule has 0 aromatic heterocycles. The first-order valence-electron chi connectivity index (χ1n) is 18.5. The molecule has 2 N–H and O–H groups in total. The molecule has 0 spiro atoms.